The molecule has 0 aliphatic carbocycles. The van der Waals surface area contributed by atoms with Crippen LogP contribution in [-0.4, -0.2) is 38.7 Å². The largest absolute Gasteiger partial charge is 0.478 e. The Morgan fingerprint density at radius 3 is 2.43 bits per heavy atom. The van der Waals surface area contributed by atoms with E-state index in [1.807, 2.05) is 0 Å². The van der Waals surface area contributed by atoms with Gasteiger partial charge < -0.3 is 9.84 Å². The van der Waals surface area contributed by atoms with Crippen molar-refractivity contribution in [3.8, 4) is 0 Å². The summed E-state index contributed by atoms with van der Waals surface area (Å²) in [6.45, 7) is 3.37. The number of methoxy groups -OCH3 is 1. The minimum atomic E-state index is -4.02. The molecule has 0 radical (unpaired) electrons. The number of aromatic carboxylic acids is 1. The summed E-state index contributed by atoms with van der Waals surface area (Å²) in [5.74, 6) is -1.36. The van der Waals surface area contributed by atoms with Crippen LogP contribution in [0.5, 0.6) is 0 Å². The summed E-state index contributed by atoms with van der Waals surface area (Å²) in [5.41, 5.74) is -1.11. The van der Waals surface area contributed by atoms with E-state index in [4.69, 9.17) is 33.0 Å². The maximum atomic E-state index is 12.2. The monoisotopic (exact) mass is 355 g/mol. The highest BCUT2D eigenvalue weighted by molar-refractivity contribution is 7.89. The lowest BCUT2D eigenvalue weighted by molar-refractivity contribution is 0.0276. The number of nitrogens with one attached hydrogen (secondary N) is 1. The maximum absolute atomic E-state index is 12.2. The van der Waals surface area contributed by atoms with E-state index in [9.17, 15) is 13.2 Å². The molecule has 0 heterocycles. The number of halogens is 2. The quantitative estimate of drug-likeness (QED) is 0.817. The van der Waals surface area contributed by atoms with Crippen molar-refractivity contribution >= 4 is 39.2 Å². The summed E-state index contributed by atoms with van der Waals surface area (Å²) in [5, 5.41) is 8.57. The Morgan fingerprint density at radius 2 is 1.95 bits per heavy atom. The first-order chi connectivity index (χ1) is 9.50. The number of carboxylic acids is 1. The fraction of sp³-hybridized carbons (Fsp3) is 0.417. The van der Waals surface area contributed by atoms with E-state index < -0.39 is 26.6 Å². The van der Waals surface area contributed by atoms with E-state index in [2.05, 4.69) is 4.72 Å². The minimum absolute atomic E-state index is 0.0168. The molecule has 0 saturated carbocycles. The molecule has 0 unspecified atom stereocenters. The molecule has 0 atom stereocenters. The highest BCUT2D eigenvalue weighted by Gasteiger charge is 2.26. The first-order valence-electron chi connectivity index (χ1n) is 5.77. The predicted octanol–water partition coefficient (Wildman–Crippen LogP) is 2.39. The molecule has 0 aliphatic rings. The molecule has 9 heteroatoms. The SMILES string of the molecule is COC(C)(C)CNS(=O)(=O)c1cc(Cl)cc(C(=O)O)c1Cl. The Bertz CT molecular complexity index is 658. The zero-order chi connectivity index (χ0) is 16.4. The zero-order valence-electron chi connectivity index (χ0n) is 11.6. The number of rotatable bonds is 6. The van der Waals surface area contributed by atoms with Gasteiger partial charge >= 0.3 is 5.97 Å². The summed E-state index contributed by atoms with van der Waals surface area (Å²) < 4.78 is 31.9. The van der Waals surface area contributed by atoms with Crippen molar-refractivity contribution in [2.45, 2.75) is 24.3 Å². The van der Waals surface area contributed by atoms with Gasteiger partial charge in [-0.15, -0.1) is 0 Å². The Kier molecular flexibility index (Phi) is 5.63. The molecule has 21 heavy (non-hydrogen) atoms. The van der Waals surface area contributed by atoms with Crippen LogP contribution >= 0.6 is 23.2 Å². The number of carboxylic acid groups (broad SMARTS) is 1. The van der Waals surface area contributed by atoms with Gasteiger partial charge in [0, 0.05) is 18.7 Å². The average Bonchev–Trinajstić information content (AvgIpc) is 2.38. The Hall–Kier alpha value is -0.860. The van der Waals surface area contributed by atoms with Crippen LogP contribution in [0.4, 0.5) is 0 Å². The van der Waals surface area contributed by atoms with Crippen molar-refractivity contribution in [3.05, 3.63) is 27.7 Å². The molecule has 0 saturated heterocycles. The van der Waals surface area contributed by atoms with Gasteiger partial charge in [0.15, 0.2) is 0 Å². The number of sulfonamides is 1. The van der Waals surface area contributed by atoms with Crippen LogP contribution in [0, 0.1) is 0 Å². The van der Waals surface area contributed by atoms with Crippen molar-refractivity contribution in [2.75, 3.05) is 13.7 Å². The highest BCUT2D eigenvalue weighted by Crippen LogP contribution is 2.29. The van der Waals surface area contributed by atoms with Gasteiger partial charge in [0.1, 0.15) is 4.90 Å². The van der Waals surface area contributed by atoms with Crippen LogP contribution in [0.3, 0.4) is 0 Å². The Labute approximate surface area is 133 Å². The fourth-order valence-corrected chi connectivity index (χ4v) is 3.43. The third-order valence-corrected chi connectivity index (χ3v) is 4.93. The predicted molar refractivity (Wildman–Crippen MR) is 79.7 cm³/mol. The molecule has 0 aliphatic heterocycles. The number of hydrogen-bond acceptors (Lipinski definition) is 4. The summed E-state index contributed by atoms with van der Waals surface area (Å²) in [4.78, 5) is 10.7. The maximum Gasteiger partial charge on any atom is 0.337 e. The summed E-state index contributed by atoms with van der Waals surface area (Å²) in [6.07, 6.45) is 0. The average molecular weight is 356 g/mol. The van der Waals surface area contributed by atoms with Gasteiger partial charge in [-0.25, -0.2) is 17.9 Å². The van der Waals surface area contributed by atoms with E-state index in [-0.39, 0.29) is 22.0 Å². The van der Waals surface area contributed by atoms with Crippen LogP contribution in [0.1, 0.15) is 24.2 Å². The number of carbonyl (C=O) groups is 1. The third-order valence-electron chi connectivity index (χ3n) is 2.76. The molecular formula is C12H15Cl2NO5S. The van der Waals surface area contributed by atoms with Crippen molar-refractivity contribution in [1.82, 2.24) is 4.72 Å². The molecule has 1 aromatic rings. The molecule has 0 amide bonds. The molecule has 2 N–H and O–H groups in total. The molecule has 0 aromatic heterocycles. The first kappa shape index (κ1) is 18.2. The highest BCUT2D eigenvalue weighted by atomic mass is 35.5. The standard InChI is InChI=1S/C12H15Cl2NO5S/c1-12(2,20-3)6-15-21(18,19)9-5-7(13)4-8(10(9)14)11(16)17/h4-5,15H,6H2,1-3H3,(H,16,17). The van der Waals surface area contributed by atoms with Gasteiger partial charge in [-0.3, -0.25) is 0 Å². The second kappa shape index (κ2) is 6.50. The Balaban J connectivity index is 3.23. The first-order valence-corrected chi connectivity index (χ1v) is 8.01. The van der Waals surface area contributed by atoms with Gasteiger partial charge in [-0.2, -0.15) is 0 Å². The molecule has 0 spiro atoms. The van der Waals surface area contributed by atoms with Gasteiger partial charge in [-0.05, 0) is 26.0 Å². The lowest BCUT2D eigenvalue weighted by Crippen LogP contribution is -2.39. The Morgan fingerprint density at radius 1 is 1.38 bits per heavy atom. The van der Waals surface area contributed by atoms with Crippen LogP contribution in [0.15, 0.2) is 17.0 Å². The normalized spacial score (nSPS) is 12.4. The van der Waals surface area contributed by atoms with Crippen molar-refractivity contribution < 1.29 is 23.1 Å². The van der Waals surface area contributed by atoms with E-state index in [0.29, 0.717) is 0 Å². The van der Waals surface area contributed by atoms with E-state index in [1.54, 1.807) is 13.8 Å². The minimum Gasteiger partial charge on any atom is -0.478 e. The van der Waals surface area contributed by atoms with Crippen LogP contribution < -0.4 is 4.72 Å². The van der Waals surface area contributed by atoms with Crippen molar-refractivity contribution in [3.63, 3.8) is 0 Å². The van der Waals surface area contributed by atoms with Crippen LogP contribution in [0.25, 0.3) is 0 Å². The number of hydrogen-bond donors (Lipinski definition) is 2. The molecule has 0 bridgehead atoms. The van der Waals surface area contributed by atoms with Crippen LogP contribution in [0.2, 0.25) is 10.0 Å². The van der Waals surface area contributed by atoms with Crippen LogP contribution in [-0.2, 0) is 14.8 Å². The van der Waals surface area contributed by atoms with E-state index in [1.165, 1.54) is 7.11 Å². The van der Waals surface area contributed by atoms with Crippen molar-refractivity contribution in [2.24, 2.45) is 0 Å². The molecule has 118 valence electrons. The lowest BCUT2D eigenvalue weighted by Gasteiger charge is -2.23. The van der Waals surface area contributed by atoms with Gasteiger partial charge in [-0.1, -0.05) is 23.2 Å². The number of benzene rings is 1. The summed E-state index contributed by atoms with van der Waals surface area (Å²) >= 11 is 11.6. The molecule has 0 fully saturated rings. The van der Waals surface area contributed by atoms with Gasteiger partial charge in [0.25, 0.3) is 0 Å². The number of ether oxygens (including phenoxy) is 1. The zero-order valence-corrected chi connectivity index (χ0v) is 13.9. The molecular weight excluding hydrogens is 341 g/mol. The van der Waals surface area contributed by atoms with E-state index in [0.717, 1.165) is 12.1 Å². The molecule has 1 rings (SSSR count). The smallest absolute Gasteiger partial charge is 0.337 e. The fourth-order valence-electron chi connectivity index (χ4n) is 1.33. The molecule has 6 nitrogen and oxygen atoms in total. The van der Waals surface area contributed by atoms with Gasteiger partial charge in [0.05, 0.1) is 16.2 Å². The second-order valence-corrected chi connectivity index (χ2v) is 7.41. The van der Waals surface area contributed by atoms with Crippen molar-refractivity contribution in [1.29, 1.82) is 0 Å². The van der Waals surface area contributed by atoms with E-state index >= 15 is 0 Å². The van der Waals surface area contributed by atoms with Gasteiger partial charge in [0.2, 0.25) is 10.0 Å². The summed E-state index contributed by atoms with van der Waals surface area (Å²) in [6, 6.07) is 2.18. The third kappa shape index (κ3) is 4.55. The second-order valence-electron chi connectivity index (χ2n) is 4.86. The topological polar surface area (TPSA) is 92.7 Å². The lowest BCUT2D eigenvalue weighted by atomic mass is 10.1. The summed E-state index contributed by atoms with van der Waals surface area (Å²) in [7, 11) is -2.57. The molecule has 1 aromatic carbocycles.